The fourth-order valence-electron chi connectivity index (χ4n) is 2.54. The third-order valence-electron chi connectivity index (χ3n) is 4.05. The zero-order valence-corrected chi connectivity index (χ0v) is 17.4. The topological polar surface area (TPSA) is 90.0 Å². The molecular weight excluding hydrogens is 418 g/mol. The summed E-state index contributed by atoms with van der Waals surface area (Å²) in [4.78, 5) is 49.4. The number of likely N-dealkylation sites (N-methyl/N-ethyl adjacent to an activating group) is 1. The molecule has 0 aliphatic heterocycles. The van der Waals surface area contributed by atoms with Gasteiger partial charge in [-0.05, 0) is 26.3 Å². The van der Waals surface area contributed by atoms with Crippen LogP contribution in [0.2, 0.25) is 0 Å². The smallest absolute Gasteiger partial charge is 0.344 e. The van der Waals surface area contributed by atoms with E-state index in [1.54, 1.807) is 45.0 Å². The van der Waals surface area contributed by atoms with Gasteiger partial charge in [0, 0.05) is 19.0 Å². The summed E-state index contributed by atoms with van der Waals surface area (Å²) in [5.41, 5.74) is -0.879. The molecular formula is C19H24BrNO6. The van der Waals surface area contributed by atoms with Crippen molar-refractivity contribution >= 4 is 40.1 Å². The van der Waals surface area contributed by atoms with Crippen LogP contribution in [0.15, 0.2) is 24.3 Å². The minimum absolute atomic E-state index is 0.0449. The van der Waals surface area contributed by atoms with Gasteiger partial charge in [-0.1, -0.05) is 40.2 Å². The van der Waals surface area contributed by atoms with Crippen molar-refractivity contribution in [1.29, 1.82) is 0 Å². The first-order chi connectivity index (χ1) is 12.7. The molecule has 0 aromatic heterocycles. The summed E-state index contributed by atoms with van der Waals surface area (Å²) < 4.78 is 10.1. The van der Waals surface area contributed by atoms with E-state index in [4.69, 9.17) is 9.47 Å². The standard InChI is InChI=1S/C19H24BrNO6/c1-5-26-17(24)19(21(4)12-22,18(25)27-6-2)11-14-7-9-15(10-8-14)16(23)13(3)20/h7-10,12-13H,5-6,11H2,1-4H3. The summed E-state index contributed by atoms with van der Waals surface area (Å²) in [6.07, 6.45) is 0.247. The Labute approximate surface area is 167 Å². The number of ether oxygens (including phenoxy) is 2. The first kappa shape index (κ1) is 22.8. The number of Topliss-reactive ketones (excluding diaryl/α,β-unsaturated/α-hetero) is 1. The molecule has 1 atom stereocenters. The van der Waals surface area contributed by atoms with E-state index in [1.165, 1.54) is 7.05 Å². The molecule has 1 aromatic carbocycles. The molecule has 1 amide bonds. The fourth-order valence-corrected chi connectivity index (χ4v) is 2.81. The van der Waals surface area contributed by atoms with Crippen LogP contribution >= 0.6 is 15.9 Å². The molecule has 0 spiro atoms. The van der Waals surface area contributed by atoms with Crippen LogP contribution < -0.4 is 0 Å². The van der Waals surface area contributed by atoms with Crippen molar-refractivity contribution in [3.05, 3.63) is 35.4 Å². The molecule has 0 bridgehead atoms. The lowest BCUT2D eigenvalue weighted by Gasteiger charge is -2.35. The second-order valence-electron chi connectivity index (χ2n) is 5.87. The second kappa shape index (κ2) is 10.2. The van der Waals surface area contributed by atoms with E-state index in [0.29, 0.717) is 17.5 Å². The predicted octanol–water partition coefficient (Wildman–Crippen LogP) is 2.15. The molecule has 1 unspecified atom stereocenters. The Morgan fingerprint density at radius 3 is 1.96 bits per heavy atom. The van der Waals surface area contributed by atoms with Crippen molar-refractivity contribution in [1.82, 2.24) is 4.90 Å². The summed E-state index contributed by atoms with van der Waals surface area (Å²) in [5, 5.41) is 0. The number of carbonyl (C=O) groups is 4. The van der Waals surface area contributed by atoms with E-state index in [9.17, 15) is 19.2 Å². The average Bonchev–Trinajstić information content (AvgIpc) is 2.65. The van der Waals surface area contributed by atoms with E-state index in [-0.39, 0.29) is 30.2 Å². The summed E-state index contributed by atoms with van der Waals surface area (Å²) in [7, 11) is 1.32. The number of halogens is 1. The van der Waals surface area contributed by atoms with Crippen molar-refractivity contribution < 1.29 is 28.7 Å². The molecule has 0 heterocycles. The number of hydrogen-bond acceptors (Lipinski definition) is 6. The minimum Gasteiger partial charge on any atom is -0.464 e. The number of rotatable bonds is 10. The van der Waals surface area contributed by atoms with Gasteiger partial charge in [0.2, 0.25) is 11.9 Å². The molecule has 1 aromatic rings. The van der Waals surface area contributed by atoms with Crippen LogP contribution in [0.3, 0.4) is 0 Å². The Balaban J connectivity index is 3.34. The lowest BCUT2D eigenvalue weighted by Crippen LogP contribution is -2.61. The SMILES string of the molecule is CCOC(=O)C(Cc1ccc(C(=O)C(C)Br)cc1)(C(=O)OCC)N(C)C=O. The highest BCUT2D eigenvalue weighted by molar-refractivity contribution is 9.10. The Hall–Kier alpha value is -2.22. The molecule has 1 rings (SSSR count). The normalized spacial score (nSPS) is 12.0. The van der Waals surface area contributed by atoms with Gasteiger partial charge in [0.1, 0.15) is 0 Å². The van der Waals surface area contributed by atoms with Crippen molar-refractivity contribution in [2.75, 3.05) is 20.3 Å². The van der Waals surface area contributed by atoms with Crippen molar-refractivity contribution in [3.8, 4) is 0 Å². The molecule has 148 valence electrons. The Bertz CT molecular complexity index is 668. The highest BCUT2D eigenvalue weighted by atomic mass is 79.9. The predicted molar refractivity (Wildman–Crippen MR) is 103 cm³/mol. The van der Waals surface area contributed by atoms with Crippen molar-refractivity contribution in [2.45, 2.75) is 37.6 Å². The van der Waals surface area contributed by atoms with Gasteiger partial charge < -0.3 is 14.4 Å². The largest absolute Gasteiger partial charge is 0.464 e. The van der Waals surface area contributed by atoms with E-state index in [0.717, 1.165) is 4.90 Å². The van der Waals surface area contributed by atoms with Crippen molar-refractivity contribution in [3.63, 3.8) is 0 Å². The third kappa shape index (κ3) is 5.15. The lowest BCUT2D eigenvalue weighted by molar-refractivity contribution is -0.175. The van der Waals surface area contributed by atoms with Gasteiger partial charge in [-0.3, -0.25) is 9.59 Å². The van der Waals surface area contributed by atoms with Crippen LogP contribution in [0.1, 0.15) is 36.7 Å². The van der Waals surface area contributed by atoms with E-state index >= 15 is 0 Å². The maximum atomic E-state index is 12.7. The van der Waals surface area contributed by atoms with Gasteiger partial charge in [0.25, 0.3) is 0 Å². The number of nitrogens with zero attached hydrogens (tertiary/aromatic N) is 1. The number of benzene rings is 1. The number of alkyl halides is 1. The molecule has 8 heteroatoms. The fraction of sp³-hybridized carbons (Fsp3) is 0.474. The Morgan fingerprint density at radius 2 is 1.59 bits per heavy atom. The van der Waals surface area contributed by atoms with Gasteiger partial charge in [-0.15, -0.1) is 0 Å². The molecule has 0 N–H and O–H groups in total. The van der Waals surface area contributed by atoms with Gasteiger partial charge in [-0.2, -0.15) is 0 Å². The van der Waals surface area contributed by atoms with Gasteiger partial charge >= 0.3 is 11.9 Å². The van der Waals surface area contributed by atoms with Gasteiger partial charge in [-0.25, -0.2) is 9.59 Å². The Morgan fingerprint density at radius 1 is 1.11 bits per heavy atom. The van der Waals surface area contributed by atoms with Crippen LogP contribution in [0.4, 0.5) is 0 Å². The number of amides is 1. The monoisotopic (exact) mass is 441 g/mol. The van der Waals surface area contributed by atoms with Crippen LogP contribution in [-0.4, -0.2) is 59.7 Å². The lowest BCUT2D eigenvalue weighted by atomic mass is 9.88. The third-order valence-corrected chi connectivity index (χ3v) is 4.46. The van der Waals surface area contributed by atoms with Gasteiger partial charge in [0.05, 0.1) is 18.0 Å². The first-order valence-corrected chi connectivity index (χ1v) is 9.46. The zero-order valence-electron chi connectivity index (χ0n) is 15.9. The van der Waals surface area contributed by atoms with Gasteiger partial charge in [0.15, 0.2) is 5.78 Å². The van der Waals surface area contributed by atoms with Crippen LogP contribution in [0, 0.1) is 0 Å². The Kier molecular flexibility index (Phi) is 8.62. The van der Waals surface area contributed by atoms with Crippen LogP contribution in [0.25, 0.3) is 0 Å². The summed E-state index contributed by atoms with van der Waals surface area (Å²) in [5.74, 6) is -1.83. The second-order valence-corrected chi connectivity index (χ2v) is 7.24. The zero-order chi connectivity index (χ0) is 20.6. The number of carbonyl (C=O) groups excluding carboxylic acids is 4. The quantitative estimate of drug-likeness (QED) is 0.181. The molecule has 0 radical (unpaired) electrons. The maximum absolute atomic E-state index is 12.7. The minimum atomic E-state index is -1.94. The summed E-state index contributed by atoms with van der Waals surface area (Å²) >= 11 is 3.23. The number of hydrogen-bond donors (Lipinski definition) is 0. The van der Waals surface area contributed by atoms with Crippen molar-refractivity contribution in [2.24, 2.45) is 0 Å². The van der Waals surface area contributed by atoms with Crippen LogP contribution in [0.5, 0.6) is 0 Å². The molecule has 27 heavy (non-hydrogen) atoms. The molecule has 7 nitrogen and oxygen atoms in total. The first-order valence-electron chi connectivity index (χ1n) is 8.54. The van der Waals surface area contributed by atoms with E-state index < -0.39 is 17.5 Å². The highest BCUT2D eigenvalue weighted by Gasteiger charge is 2.52. The highest BCUT2D eigenvalue weighted by Crippen LogP contribution is 2.24. The maximum Gasteiger partial charge on any atom is 0.344 e. The molecule has 0 saturated carbocycles. The molecule has 0 fully saturated rings. The number of esters is 2. The van der Waals surface area contributed by atoms with Crippen LogP contribution in [-0.2, 0) is 30.3 Å². The average molecular weight is 442 g/mol. The molecule has 0 saturated heterocycles. The van der Waals surface area contributed by atoms with E-state index in [2.05, 4.69) is 15.9 Å². The summed E-state index contributed by atoms with van der Waals surface area (Å²) in [6.45, 7) is 5.03. The molecule has 0 aliphatic rings. The number of ketones is 1. The summed E-state index contributed by atoms with van der Waals surface area (Å²) in [6, 6.07) is 6.48. The van der Waals surface area contributed by atoms with E-state index in [1.807, 2.05) is 0 Å². The molecule has 0 aliphatic carbocycles.